The molecule has 0 saturated carbocycles. The second-order valence-corrected chi connectivity index (χ2v) is 6.21. The molecule has 1 aliphatic rings. The van der Waals surface area contributed by atoms with Gasteiger partial charge in [-0.2, -0.15) is 0 Å². The Bertz CT molecular complexity index is 863. The van der Waals surface area contributed by atoms with Crippen molar-refractivity contribution in [1.82, 2.24) is 5.32 Å². The highest BCUT2D eigenvalue weighted by molar-refractivity contribution is 5.90. The number of nitrogens with one attached hydrogen (secondary N) is 1. The summed E-state index contributed by atoms with van der Waals surface area (Å²) in [6, 6.07) is 11.1. The first-order valence-corrected chi connectivity index (χ1v) is 9.25. The lowest BCUT2D eigenvalue weighted by Gasteiger charge is -2.10. The molecule has 0 aromatic heterocycles. The van der Waals surface area contributed by atoms with Gasteiger partial charge in [0.2, 0.25) is 0 Å². The average Bonchev–Trinajstić information content (AvgIpc) is 3.55. The number of benzene rings is 2. The highest BCUT2D eigenvalue weighted by Crippen LogP contribution is 2.29. The van der Waals surface area contributed by atoms with Crippen LogP contribution in [-0.2, 0) is 19.0 Å². The summed E-state index contributed by atoms with van der Waals surface area (Å²) in [5.41, 5.74) is 0. The number of esters is 1. The standard InChI is InChI=1S/C21H23NO7/c1-2-20(23)26-11-10-25-9-8-22-21(24)29-16-6-7-18-15(12-16)4-3-5-19(18)28-14-17-13-27-17/h2-7,12,17H,1,8-11,13-14H2,(H,22,24). The first kappa shape index (κ1) is 20.6. The van der Waals surface area contributed by atoms with Crippen LogP contribution in [0, 0.1) is 0 Å². The monoisotopic (exact) mass is 401 g/mol. The lowest BCUT2D eigenvalue weighted by molar-refractivity contribution is -0.139. The Morgan fingerprint density at radius 2 is 2.07 bits per heavy atom. The topological polar surface area (TPSA) is 95.6 Å². The zero-order chi connectivity index (χ0) is 20.5. The fourth-order valence-corrected chi connectivity index (χ4v) is 2.50. The van der Waals surface area contributed by atoms with Gasteiger partial charge in [0, 0.05) is 18.0 Å². The summed E-state index contributed by atoms with van der Waals surface area (Å²) in [6.07, 6.45) is 0.688. The molecule has 1 amide bonds. The molecule has 29 heavy (non-hydrogen) atoms. The molecular weight excluding hydrogens is 378 g/mol. The Hall–Kier alpha value is -3.10. The van der Waals surface area contributed by atoms with Crippen molar-refractivity contribution < 1.29 is 33.3 Å². The van der Waals surface area contributed by atoms with Crippen molar-refractivity contribution in [3.63, 3.8) is 0 Å². The number of hydrogen-bond donors (Lipinski definition) is 1. The Labute approximate surface area is 168 Å². The van der Waals surface area contributed by atoms with Gasteiger partial charge in [-0.15, -0.1) is 0 Å². The van der Waals surface area contributed by atoms with Crippen LogP contribution in [0.5, 0.6) is 11.5 Å². The van der Waals surface area contributed by atoms with Crippen molar-refractivity contribution in [2.24, 2.45) is 0 Å². The molecule has 2 aromatic carbocycles. The van der Waals surface area contributed by atoms with Gasteiger partial charge in [0.1, 0.15) is 30.8 Å². The van der Waals surface area contributed by atoms with Gasteiger partial charge in [0.25, 0.3) is 0 Å². The van der Waals surface area contributed by atoms with Crippen LogP contribution in [0.3, 0.4) is 0 Å². The minimum Gasteiger partial charge on any atom is -0.490 e. The Morgan fingerprint density at radius 3 is 2.86 bits per heavy atom. The lowest BCUT2D eigenvalue weighted by atomic mass is 10.1. The Balaban J connectivity index is 1.40. The number of epoxide rings is 1. The summed E-state index contributed by atoms with van der Waals surface area (Å²) in [6.45, 7) is 5.46. The van der Waals surface area contributed by atoms with E-state index >= 15 is 0 Å². The van der Waals surface area contributed by atoms with Crippen molar-refractivity contribution >= 4 is 22.8 Å². The normalized spacial score (nSPS) is 14.8. The van der Waals surface area contributed by atoms with Crippen LogP contribution in [0.2, 0.25) is 0 Å². The Morgan fingerprint density at radius 1 is 1.21 bits per heavy atom. The highest BCUT2D eigenvalue weighted by Gasteiger charge is 2.23. The summed E-state index contributed by atoms with van der Waals surface area (Å²) in [7, 11) is 0. The van der Waals surface area contributed by atoms with Gasteiger partial charge in [0.05, 0.1) is 19.8 Å². The molecule has 0 spiro atoms. The molecular formula is C21H23NO7. The quantitative estimate of drug-likeness (QED) is 0.267. The number of ether oxygens (including phenoxy) is 5. The summed E-state index contributed by atoms with van der Waals surface area (Å²) in [5, 5.41) is 4.43. The summed E-state index contributed by atoms with van der Waals surface area (Å²) < 4.78 is 26.2. The molecule has 1 fully saturated rings. The van der Waals surface area contributed by atoms with E-state index < -0.39 is 12.1 Å². The van der Waals surface area contributed by atoms with Crippen LogP contribution in [-0.4, -0.2) is 57.7 Å². The molecule has 3 rings (SSSR count). The van der Waals surface area contributed by atoms with Crippen LogP contribution < -0.4 is 14.8 Å². The van der Waals surface area contributed by atoms with E-state index in [4.69, 9.17) is 23.7 Å². The maximum absolute atomic E-state index is 11.9. The van der Waals surface area contributed by atoms with E-state index in [9.17, 15) is 9.59 Å². The number of rotatable bonds is 11. The van der Waals surface area contributed by atoms with Crippen LogP contribution in [0.4, 0.5) is 4.79 Å². The number of carbonyl (C=O) groups excluding carboxylic acids is 2. The van der Waals surface area contributed by atoms with Crippen LogP contribution in [0.25, 0.3) is 10.8 Å². The van der Waals surface area contributed by atoms with Crippen LogP contribution in [0.15, 0.2) is 49.1 Å². The van der Waals surface area contributed by atoms with Crippen LogP contribution in [0.1, 0.15) is 0 Å². The fraction of sp³-hybridized carbons (Fsp3) is 0.333. The molecule has 2 aromatic rings. The number of hydrogen-bond acceptors (Lipinski definition) is 7. The van der Waals surface area contributed by atoms with Gasteiger partial charge in [-0.25, -0.2) is 9.59 Å². The second-order valence-electron chi connectivity index (χ2n) is 6.21. The first-order chi connectivity index (χ1) is 14.2. The largest absolute Gasteiger partial charge is 0.490 e. The third kappa shape index (κ3) is 6.78. The minimum atomic E-state index is -0.579. The van der Waals surface area contributed by atoms with E-state index in [1.54, 1.807) is 12.1 Å². The maximum Gasteiger partial charge on any atom is 0.412 e. The number of amides is 1. The molecule has 1 unspecified atom stereocenters. The van der Waals surface area contributed by atoms with E-state index in [1.165, 1.54) is 0 Å². The molecule has 0 radical (unpaired) electrons. The SMILES string of the molecule is C=CC(=O)OCCOCCNC(=O)Oc1ccc2c(OCC3CO3)cccc2c1. The van der Waals surface area contributed by atoms with E-state index in [0.29, 0.717) is 12.4 Å². The summed E-state index contributed by atoms with van der Waals surface area (Å²) >= 11 is 0. The third-order valence-electron chi connectivity index (χ3n) is 4.00. The van der Waals surface area contributed by atoms with Crippen molar-refractivity contribution in [1.29, 1.82) is 0 Å². The predicted octanol–water partition coefficient (Wildman–Crippen LogP) is 2.45. The second kappa shape index (κ2) is 10.4. The third-order valence-corrected chi connectivity index (χ3v) is 4.00. The first-order valence-electron chi connectivity index (χ1n) is 9.25. The molecule has 1 saturated heterocycles. The lowest BCUT2D eigenvalue weighted by Crippen LogP contribution is -2.30. The number of fused-ring (bicyclic) bond motifs is 1. The van der Waals surface area contributed by atoms with Crippen molar-refractivity contribution in [3.05, 3.63) is 49.1 Å². The smallest absolute Gasteiger partial charge is 0.412 e. The van der Waals surface area contributed by atoms with Crippen molar-refractivity contribution in [2.45, 2.75) is 6.10 Å². The zero-order valence-electron chi connectivity index (χ0n) is 15.9. The molecule has 0 aliphatic carbocycles. The molecule has 154 valence electrons. The average molecular weight is 401 g/mol. The number of carbonyl (C=O) groups is 2. The maximum atomic E-state index is 11.9. The van der Waals surface area contributed by atoms with Gasteiger partial charge in [-0.1, -0.05) is 18.7 Å². The predicted molar refractivity (Wildman–Crippen MR) is 105 cm³/mol. The zero-order valence-corrected chi connectivity index (χ0v) is 15.9. The van der Waals surface area contributed by atoms with E-state index in [1.807, 2.05) is 24.3 Å². The molecule has 8 nitrogen and oxygen atoms in total. The van der Waals surface area contributed by atoms with Crippen molar-refractivity contribution in [2.75, 3.05) is 39.6 Å². The van der Waals surface area contributed by atoms with Gasteiger partial charge < -0.3 is 29.0 Å². The molecule has 0 bridgehead atoms. The fourth-order valence-electron chi connectivity index (χ4n) is 2.50. The van der Waals surface area contributed by atoms with E-state index in [0.717, 1.165) is 29.2 Å². The van der Waals surface area contributed by atoms with Gasteiger partial charge in [-0.3, -0.25) is 0 Å². The van der Waals surface area contributed by atoms with Crippen molar-refractivity contribution in [3.8, 4) is 11.5 Å². The Kier molecular flexibility index (Phi) is 7.43. The molecule has 1 atom stereocenters. The van der Waals surface area contributed by atoms with Gasteiger partial charge in [-0.05, 0) is 29.7 Å². The van der Waals surface area contributed by atoms with E-state index in [2.05, 4.69) is 11.9 Å². The van der Waals surface area contributed by atoms with Gasteiger partial charge in [0.15, 0.2) is 0 Å². The van der Waals surface area contributed by atoms with Gasteiger partial charge >= 0.3 is 12.1 Å². The molecule has 1 aliphatic heterocycles. The summed E-state index contributed by atoms with van der Waals surface area (Å²) in [4.78, 5) is 22.8. The molecule has 1 heterocycles. The highest BCUT2D eigenvalue weighted by atomic mass is 16.6. The summed E-state index contributed by atoms with van der Waals surface area (Å²) in [5.74, 6) is 0.696. The molecule has 8 heteroatoms. The minimum absolute atomic E-state index is 0.131. The molecule has 1 N–H and O–H groups in total. The van der Waals surface area contributed by atoms with Crippen LogP contribution >= 0.6 is 0 Å². The van der Waals surface area contributed by atoms with E-state index in [-0.39, 0.29) is 32.5 Å².